The molecule has 0 spiro atoms. The van der Waals surface area contributed by atoms with Gasteiger partial charge in [-0.1, -0.05) is 6.07 Å². The SMILES string of the molecule is CNC(c1cc(F)ccc1C)c1cc(C)oc1C. The summed E-state index contributed by atoms with van der Waals surface area (Å²) >= 11 is 0. The van der Waals surface area contributed by atoms with Gasteiger partial charge in [0.2, 0.25) is 0 Å². The predicted molar refractivity (Wildman–Crippen MR) is 70.2 cm³/mol. The van der Waals surface area contributed by atoms with Gasteiger partial charge in [0.05, 0.1) is 6.04 Å². The highest BCUT2D eigenvalue weighted by Crippen LogP contribution is 2.29. The summed E-state index contributed by atoms with van der Waals surface area (Å²) in [6.07, 6.45) is 0. The molecule has 1 aromatic heterocycles. The van der Waals surface area contributed by atoms with E-state index in [0.717, 1.165) is 28.2 Å². The molecule has 3 heteroatoms. The molecule has 2 nitrogen and oxygen atoms in total. The van der Waals surface area contributed by atoms with Crippen LogP contribution in [0.25, 0.3) is 0 Å². The number of furan rings is 1. The zero-order valence-corrected chi connectivity index (χ0v) is 11.2. The lowest BCUT2D eigenvalue weighted by Crippen LogP contribution is -2.19. The van der Waals surface area contributed by atoms with Gasteiger partial charge in [0.15, 0.2) is 0 Å². The van der Waals surface area contributed by atoms with Crippen molar-refractivity contribution >= 4 is 0 Å². The first kappa shape index (κ1) is 12.8. The quantitative estimate of drug-likeness (QED) is 0.895. The summed E-state index contributed by atoms with van der Waals surface area (Å²) in [7, 11) is 1.87. The van der Waals surface area contributed by atoms with E-state index < -0.39 is 0 Å². The Bertz CT molecular complexity index is 560. The Kier molecular flexibility index (Phi) is 3.53. The van der Waals surface area contributed by atoms with Crippen molar-refractivity contribution in [2.45, 2.75) is 26.8 Å². The number of hydrogen-bond acceptors (Lipinski definition) is 2. The molecule has 1 aromatic carbocycles. The molecule has 0 radical (unpaired) electrons. The molecule has 0 aliphatic rings. The lowest BCUT2D eigenvalue weighted by Gasteiger charge is -2.18. The first-order valence-electron chi connectivity index (χ1n) is 6.03. The Hall–Kier alpha value is -1.61. The maximum atomic E-state index is 13.4. The highest BCUT2D eigenvalue weighted by molar-refractivity contribution is 5.38. The van der Waals surface area contributed by atoms with Crippen molar-refractivity contribution in [3.8, 4) is 0 Å². The lowest BCUT2D eigenvalue weighted by atomic mass is 9.95. The smallest absolute Gasteiger partial charge is 0.123 e. The molecular weight excluding hydrogens is 229 g/mol. The van der Waals surface area contributed by atoms with E-state index >= 15 is 0 Å². The number of nitrogens with one attached hydrogen (secondary N) is 1. The van der Waals surface area contributed by atoms with Crippen molar-refractivity contribution in [2.75, 3.05) is 7.05 Å². The maximum Gasteiger partial charge on any atom is 0.123 e. The zero-order chi connectivity index (χ0) is 13.3. The first-order chi connectivity index (χ1) is 8.52. The van der Waals surface area contributed by atoms with Gasteiger partial charge in [0.1, 0.15) is 17.3 Å². The van der Waals surface area contributed by atoms with Gasteiger partial charge in [-0.3, -0.25) is 0 Å². The molecule has 1 unspecified atom stereocenters. The fourth-order valence-corrected chi connectivity index (χ4v) is 2.34. The van der Waals surface area contributed by atoms with Gasteiger partial charge in [-0.05, 0) is 57.1 Å². The van der Waals surface area contributed by atoms with Crippen LogP contribution in [0.15, 0.2) is 28.7 Å². The Labute approximate surface area is 107 Å². The van der Waals surface area contributed by atoms with Crippen LogP contribution in [0.4, 0.5) is 4.39 Å². The Morgan fingerprint density at radius 3 is 2.39 bits per heavy atom. The summed E-state index contributed by atoms with van der Waals surface area (Å²) in [5.41, 5.74) is 3.07. The minimum atomic E-state index is -0.214. The van der Waals surface area contributed by atoms with E-state index in [9.17, 15) is 4.39 Å². The average molecular weight is 247 g/mol. The highest BCUT2D eigenvalue weighted by atomic mass is 19.1. The third-order valence-electron chi connectivity index (χ3n) is 3.23. The van der Waals surface area contributed by atoms with Crippen molar-refractivity contribution in [1.82, 2.24) is 5.32 Å². The van der Waals surface area contributed by atoms with Crippen LogP contribution in [0.5, 0.6) is 0 Å². The summed E-state index contributed by atoms with van der Waals surface area (Å²) in [4.78, 5) is 0. The van der Waals surface area contributed by atoms with Gasteiger partial charge < -0.3 is 9.73 Å². The van der Waals surface area contributed by atoms with Crippen LogP contribution in [0, 0.1) is 26.6 Å². The van der Waals surface area contributed by atoms with Gasteiger partial charge in [0.25, 0.3) is 0 Å². The van der Waals surface area contributed by atoms with E-state index in [-0.39, 0.29) is 11.9 Å². The second kappa shape index (κ2) is 4.94. The Morgan fingerprint density at radius 2 is 1.83 bits per heavy atom. The first-order valence-corrected chi connectivity index (χ1v) is 6.03. The zero-order valence-electron chi connectivity index (χ0n) is 11.2. The number of rotatable bonds is 3. The standard InChI is InChI=1S/C15H18FNO/c1-9-5-6-12(16)8-13(9)15(17-4)14-7-10(2)18-11(14)3/h5-8,15,17H,1-4H3. The van der Waals surface area contributed by atoms with Crippen molar-refractivity contribution in [3.63, 3.8) is 0 Å². The number of hydrogen-bond donors (Lipinski definition) is 1. The molecule has 18 heavy (non-hydrogen) atoms. The fraction of sp³-hybridized carbons (Fsp3) is 0.333. The van der Waals surface area contributed by atoms with Crippen molar-refractivity contribution in [2.24, 2.45) is 0 Å². The Morgan fingerprint density at radius 1 is 1.11 bits per heavy atom. The molecule has 2 rings (SSSR count). The van der Waals surface area contributed by atoms with Crippen LogP contribution < -0.4 is 5.32 Å². The number of benzene rings is 1. The molecule has 1 atom stereocenters. The van der Waals surface area contributed by atoms with Gasteiger partial charge in [-0.25, -0.2) is 4.39 Å². The molecule has 0 aliphatic heterocycles. The minimum absolute atomic E-state index is 0.0434. The fourth-order valence-electron chi connectivity index (χ4n) is 2.34. The Balaban J connectivity index is 2.51. The van der Waals surface area contributed by atoms with Crippen LogP contribution in [0.1, 0.15) is 34.3 Å². The summed E-state index contributed by atoms with van der Waals surface area (Å²) in [6, 6.07) is 6.83. The van der Waals surface area contributed by atoms with Crippen LogP contribution in [-0.4, -0.2) is 7.05 Å². The third-order valence-corrected chi connectivity index (χ3v) is 3.23. The molecule has 1 N–H and O–H groups in total. The van der Waals surface area contributed by atoms with E-state index in [0.29, 0.717) is 0 Å². The molecule has 0 bridgehead atoms. The molecule has 0 amide bonds. The van der Waals surface area contributed by atoms with E-state index in [2.05, 4.69) is 5.32 Å². The van der Waals surface area contributed by atoms with Crippen molar-refractivity contribution in [3.05, 3.63) is 58.3 Å². The molecular formula is C15H18FNO. The molecule has 2 aromatic rings. The van der Waals surface area contributed by atoms with E-state index in [1.165, 1.54) is 6.07 Å². The molecule has 0 saturated heterocycles. The second-order valence-electron chi connectivity index (χ2n) is 4.59. The topological polar surface area (TPSA) is 25.2 Å². The lowest BCUT2D eigenvalue weighted by molar-refractivity contribution is 0.496. The molecule has 1 heterocycles. The van der Waals surface area contributed by atoms with Gasteiger partial charge in [0, 0.05) is 5.56 Å². The minimum Gasteiger partial charge on any atom is -0.466 e. The van der Waals surface area contributed by atoms with Crippen LogP contribution in [0.2, 0.25) is 0 Å². The second-order valence-corrected chi connectivity index (χ2v) is 4.59. The van der Waals surface area contributed by atoms with Crippen molar-refractivity contribution < 1.29 is 8.81 Å². The van der Waals surface area contributed by atoms with Gasteiger partial charge in [-0.15, -0.1) is 0 Å². The molecule has 0 fully saturated rings. The number of aryl methyl sites for hydroxylation is 3. The predicted octanol–water partition coefficient (Wildman–Crippen LogP) is 3.65. The summed E-state index contributed by atoms with van der Waals surface area (Å²) in [6.45, 7) is 5.84. The largest absolute Gasteiger partial charge is 0.466 e. The van der Waals surface area contributed by atoms with Gasteiger partial charge >= 0.3 is 0 Å². The summed E-state index contributed by atoms with van der Waals surface area (Å²) in [5.74, 6) is 1.53. The molecule has 0 aliphatic carbocycles. The van der Waals surface area contributed by atoms with Crippen LogP contribution >= 0.6 is 0 Å². The van der Waals surface area contributed by atoms with Crippen LogP contribution in [-0.2, 0) is 0 Å². The molecule has 0 saturated carbocycles. The van der Waals surface area contributed by atoms with E-state index in [1.807, 2.05) is 33.9 Å². The number of halogens is 1. The monoisotopic (exact) mass is 247 g/mol. The summed E-state index contributed by atoms with van der Waals surface area (Å²) in [5, 5.41) is 3.23. The van der Waals surface area contributed by atoms with Crippen LogP contribution in [0.3, 0.4) is 0 Å². The average Bonchev–Trinajstić information content (AvgIpc) is 2.64. The normalized spacial score (nSPS) is 12.7. The van der Waals surface area contributed by atoms with Crippen molar-refractivity contribution in [1.29, 1.82) is 0 Å². The third kappa shape index (κ3) is 2.31. The van der Waals surface area contributed by atoms with Gasteiger partial charge in [-0.2, -0.15) is 0 Å². The highest BCUT2D eigenvalue weighted by Gasteiger charge is 2.19. The van der Waals surface area contributed by atoms with E-state index in [1.54, 1.807) is 12.1 Å². The van der Waals surface area contributed by atoms with E-state index in [4.69, 9.17) is 4.42 Å². The molecule has 96 valence electrons. The maximum absolute atomic E-state index is 13.4. The summed E-state index contributed by atoms with van der Waals surface area (Å²) < 4.78 is 19.0.